The van der Waals surface area contributed by atoms with Gasteiger partial charge in [0.2, 0.25) is 0 Å². The Kier molecular flexibility index (Phi) is 4.73. The summed E-state index contributed by atoms with van der Waals surface area (Å²) in [6.45, 7) is 3.73. The van der Waals surface area contributed by atoms with Crippen LogP contribution >= 0.6 is 0 Å². The number of carbonyl (C=O) groups excluding carboxylic acids is 1. The number of aromatic nitrogens is 2. The molecule has 7 heteroatoms. The third-order valence-corrected chi connectivity index (χ3v) is 3.23. The van der Waals surface area contributed by atoms with E-state index in [0.29, 0.717) is 19.7 Å². The second kappa shape index (κ2) is 6.51. The van der Waals surface area contributed by atoms with Crippen molar-refractivity contribution in [1.29, 1.82) is 0 Å². The van der Waals surface area contributed by atoms with Gasteiger partial charge in [-0.2, -0.15) is 0 Å². The molecule has 1 fully saturated rings. The Morgan fingerprint density at radius 2 is 2.40 bits per heavy atom. The minimum Gasteiger partial charge on any atom is -0.467 e. The molecule has 1 aromatic rings. The third-order valence-electron chi connectivity index (χ3n) is 3.23. The molecule has 0 aromatic carbocycles. The van der Waals surface area contributed by atoms with Gasteiger partial charge in [-0.1, -0.05) is 6.92 Å². The maximum absolute atomic E-state index is 12.4. The normalized spacial score (nSPS) is 18.9. The Hall–Kier alpha value is -1.89. The van der Waals surface area contributed by atoms with Crippen molar-refractivity contribution in [2.24, 2.45) is 0 Å². The van der Waals surface area contributed by atoms with E-state index in [1.54, 1.807) is 21.9 Å². The lowest BCUT2D eigenvalue weighted by Gasteiger charge is -2.34. The highest BCUT2D eigenvalue weighted by atomic mass is 16.5. The number of rotatable bonds is 4. The maximum atomic E-state index is 12.4. The summed E-state index contributed by atoms with van der Waals surface area (Å²) in [6.07, 6.45) is 4.09. The second-order valence-corrected chi connectivity index (χ2v) is 4.56. The average molecular weight is 281 g/mol. The maximum Gasteiger partial charge on any atom is 0.330 e. The van der Waals surface area contributed by atoms with E-state index in [9.17, 15) is 9.59 Å². The van der Waals surface area contributed by atoms with Crippen molar-refractivity contribution in [2.75, 3.05) is 31.8 Å². The first kappa shape index (κ1) is 14.5. The van der Waals surface area contributed by atoms with E-state index >= 15 is 0 Å². The first-order valence-corrected chi connectivity index (χ1v) is 6.66. The van der Waals surface area contributed by atoms with Crippen molar-refractivity contribution in [3.63, 3.8) is 0 Å². The van der Waals surface area contributed by atoms with Crippen LogP contribution in [0.2, 0.25) is 0 Å². The Morgan fingerprint density at radius 3 is 3.10 bits per heavy atom. The van der Waals surface area contributed by atoms with Gasteiger partial charge in [0.15, 0.2) is 11.9 Å². The van der Waals surface area contributed by atoms with Crippen LogP contribution in [0.15, 0.2) is 17.2 Å². The molecule has 110 valence electrons. The standard InChI is InChI=1S/C13H19N3O4/c1-3-5-15-6-4-14-11(12(15)17)16-7-8-20-9-10(16)13(18)19-2/h4,6,10H,3,5,7-9H2,1-2H3. The molecule has 0 radical (unpaired) electrons. The first-order valence-electron chi connectivity index (χ1n) is 6.66. The zero-order valence-electron chi connectivity index (χ0n) is 11.7. The summed E-state index contributed by atoms with van der Waals surface area (Å²) in [4.78, 5) is 30.0. The van der Waals surface area contributed by atoms with Gasteiger partial charge >= 0.3 is 5.97 Å². The van der Waals surface area contributed by atoms with Gasteiger partial charge in [-0.05, 0) is 6.42 Å². The van der Waals surface area contributed by atoms with Crippen molar-refractivity contribution in [2.45, 2.75) is 25.9 Å². The minimum absolute atomic E-state index is 0.190. The Labute approximate surface area is 117 Å². The van der Waals surface area contributed by atoms with E-state index in [-0.39, 0.29) is 18.0 Å². The molecule has 1 saturated heterocycles. The van der Waals surface area contributed by atoms with Crippen molar-refractivity contribution < 1.29 is 14.3 Å². The molecule has 1 unspecified atom stereocenters. The van der Waals surface area contributed by atoms with Crippen LogP contribution in [0.3, 0.4) is 0 Å². The number of anilines is 1. The smallest absolute Gasteiger partial charge is 0.330 e. The summed E-state index contributed by atoms with van der Waals surface area (Å²) in [6, 6.07) is -0.619. The molecule has 2 heterocycles. The number of nitrogens with zero attached hydrogens (tertiary/aromatic N) is 3. The minimum atomic E-state index is -0.619. The van der Waals surface area contributed by atoms with Crippen LogP contribution in [0, 0.1) is 0 Å². The highest BCUT2D eigenvalue weighted by molar-refractivity contribution is 5.79. The van der Waals surface area contributed by atoms with E-state index in [0.717, 1.165) is 6.42 Å². The third kappa shape index (κ3) is 2.82. The molecule has 0 amide bonds. The molecule has 20 heavy (non-hydrogen) atoms. The van der Waals surface area contributed by atoms with Crippen LogP contribution in [-0.4, -0.2) is 48.4 Å². The van der Waals surface area contributed by atoms with Crippen LogP contribution in [0.5, 0.6) is 0 Å². The number of morpholine rings is 1. The molecular formula is C13H19N3O4. The van der Waals surface area contributed by atoms with E-state index in [1.165, 1.54) is 7.11 Å². The predicted octanol–water partition coefficient (Wildman–Crippen LogP) is 0.0315. The monoisotopic (exact) mass is 281 g/mol. The number of methoxy groups -OCH3 is 1. The average Bonchev–Trinajstić information content (AvgIpc) is 2.49. The summed E-state index contributed by atoms with van der Waals surface area (Å²) in [5, 5.41) is 0. The summed E-state index contributed by atoms with van der Waals surface area (Å²) in [5.41, 5.74) is -0.190. The lowest BCUT2D eigenvalue weighted by atomic mass is 10.2. The molecule has 1 aromatic heterocycles. The van der Waals surface area contributed by atoms with Crippen molar-refractivity contribution in [3.05, 3.63) is 22.7 Å². The van der Waals surface area contributed by atoms with Crippen molar-refractivity contribution >= 4 is 11.8 Å². The van der Waals surface area contributed by atoms with Gasteiger partial charge < -0.3 is 18.9 Å². The quantitative estimate of drug-likeness (QED) is 0.725. The first-order chi connectivity index (χ1) is 9.69. The summed E-state index contributed by atoms with van der Waals surface area (Å²) >= 11 is 0. The molecule has 1 aliphatic rings. The zero-order chi connectivity index (χ0) is 14.5. The Morgan fingerprint density at radius 1 is 1.60 bits per heavy atom. The van der Waals surface area contributed by atoms with Gasteiger partial charge in [0.1, 0.15) is 0 Å². The van der Waals surface area contributed by atoms with E-state index < -0.39 is 12.0 Å². The molecule has 1 atom stereocenters. The lowest BCUT2D eigenvalue weighted by molar-refractivity contribution is -0.144. The fraction of sp³-hybridized carbons (Fsp3) is 0.615. The number of aryl methyl sites for hydroxylation is 1. The topological polar surface area (TPSA) is 73.7 Å². The number of carbonyl (C=O) groups is 1. The van der Waals surface area contributed by atoms with Gasteiger partial charge in [0, 0.05) is 25.5 Å². The molecule has 7 nitrogen and oxygen atoms in total. The number of ether oxygens (including phenoxy) is 2. The van der Waals surface area contributed by atoms with Crippen LogP contribution in [-0.2, 0) is 20.8 Å². The van der Waals surface area contributed by atoms with E-state index in [2.05, 4.69) is 4.98 Å². The summed E-state index contributed by atoms with van der Waals surface area (Å²) in [5.74, 6) is -0.142. The van der Waals surface area contributed by atoms with Crippen LogP contribution in [0.1, 0.15) is 13.3 Å². The Balaban J connectivity index is 2.35. The molecule has 0 aliphatic carbocycles. The van der Waals surface area contributed by atoms with Gasteiger partial charge in [-0.3, -0.25) is 4.79 Å². The molecule has 0 bridgehead atoms. The van der Waals surface area contributed by atoms with Gasteiger partial charge in [0.05, 0.1) is 20.3 Å². The Bertz CT molecular complexity index is 529. The largest absolute Gasteiger partial charge is 0.467 e. The molecule has 1 aliphatic heterocycles. The fourth-order valence-electron chi connectivity index (χ4n) is 2.24. The molecular weight excluding hydrogens is 262 g/mol. The molecule has 0 N–H and O–H groups in total. The van der Waals surface area contributed by atoms with Crippen LogP contribution in [0.25, 0.3) is 0 Å². The summed E-state index contributed by atoms with van der Waals surface area (Å²) in [7, 11) is 1.32. The predicted molar refractivity (Wildman–Crippen MR) is 72.8 cm³/mol. The van der Waals surface area contributed by atoms with E-state index in [1.807, 2.05) is 6.92 Å². The van der Waals surface area contributed by atoms with Gasteiger partial charge in [0.25, 0.3) is 5.56 Å². The highest BCUT2D eigenvalue weighted by Gasteiger charge is 2.32. The van der Waals surface area contributed by atoms with Crippen molar-refractivity contribution in [3.8, 4) is 0 Å². The number of hydrogen-bond donors (Lipinski definition) is 0. The number of hydrogen-bond acceptors (Lipinski definition) is 6. The van der Waals surface area contributed by atoms with E-state index in [4.69, 9.17) is 9.47 Å². The van der Waals surface area contributed by atoms with Crippen LogP contribution < -0.4 is 10.5 Å². The SMILES string of the molecule is CCCn1ccnc(N2CCOCC2C(=O)OC)c1=O. The lowest BCUT2D eigenvalue weighted by Crippen LogP contribution is -2.53. The van der Waals surface area contributed by atoms with Gasteiger partial charge in [-0.25, -0.2) is 9.78 Å². The highest BCUT2D eigenvalue weighted by Crippen LogP contribution is 2.14. The van der Waals surface area contributed by atoms with Crippen molar-refractivity contribution in [1.82, 2.24) is 9.55 Å². The van der Waals surface area contributed by atoms with Crippen LogP contribution in [0.4, 0.5) is 5.82 Å². The molecule has 0 saturated carbocycles. The number of esters is 1. The zero-order valence-corrected chi connectivity index (χ0v) is 11.7. The fourth-order valence-corrected chi connectivity index (χ4v) is 2.24. The molecule has 2 rings (SSSR count). The second-order valence-electron chi connectivity index (χ2n) is 4.56. The van der Waals surface area contributed by atoms with Gasteiger partial charge in [-0.15, -0.1) is 0 Å². The summed E-state index contributed by atoms with van der Waals surface area (Å²) < 4.78 is 11.7. The molecule has 0 spiro atoms.